The molecule has 21 heavy (non-hydrogen) atoms. The molecule has 1 aromatic heterocycles. The first-order valence-electron chi connectivity index (χ1n) is 6.39. The van der Waals surface area contributed by atoms with Crippen LogP contribution in [-0.2, 0) is 9.63 Å². The van der Waals surface area contributed by atoms with Crippen LogP contribution >= 0.6 is 11.6 Å². The molecule has 0 radical (unpaired) electrons. The van der Waals surface area contributed by atoms with Crippen molar-refractivity contribution >= 4 is 29.2 Å². The number of aliphatic hydroxyl groups is 1. The Morgan fingerprint density at radius 1 is 1.43 bits per heavy atom. The van der Waals surface area contributed by atoms with Crippen molar-refractivity contribution in [1.82, 2.24) is 10.5 Å². The maximum atomic E-state index is 12.0. The smallest absolute Gasteiger partial charge is 0.337 e. The fourth-order valence-electron chi connectivity index (χ4n) is 1.37. The van der Waals surface area contributed by atoms with E-state index in [9.17, 15) is 9.59 Å². The van der Waals surface area contributed by atoms with Gasteiger partial charge in [0.15, 0.2) is 0 Å². The Hall–Kier alpha value is -1.86. The van der Waals surface area contributed by atoms with Gasteiger partial charge >= 0.3 is 5.97 Å². The number of hydroxylamine groups is 1. The molecule has 116 valence electrons. The quantitative estimate of drug-likeness (QED) is 0.560. The van der Waals surface area contributed by atoms with Crippen LogP contribution in [0.25, 0.3) is 0 Å². The molecular weight excluding hydrogens is 298 g/mol. The van der Waals surface area contributed by atoms with E-state index in [2.05, 4.69) is 15.1 Å². The Morgan fingerprint density at radius 3 is 2.67 bits per heavy atom. The molecule has 1 aromatic rings. The van der Waals surface area contributed by atoms with Crippen molar-refractivity contribution in [3.8, 4) is 0 Å². The molecule has 0 aliphatic carbocycles. The number of hydrogen-bond donors (Lipinski definition) is 3. The van der Waals surface area contributed by atoms with Crippen LogP contribution in [0.1, 0.15) is 31.1 Å². The number of carbonyl (C=O) groups is 2. The summed E-state index contributed by atoms with van der Waals surface area (Å²) in [4.78, 5) is 31.8. The number of aromatic nitrogens is 1. The van der Waals surface area contributed by atoms with E-state index in [4.69, 9.17) is 16.7 Å². The third kappa shape index (κ3) is 5.20. The first-order chi connectivity index (χ1) is 9.85. The van der Waals surface area contributed by atoms with Crippen molar-refractivity contribution in [3.05, 3.63) is 23.0 Å². The molecule has 1 rings (SSSR count). The lowest BCUT2D eigenvalue weighted by Crippen LogP contribution is -2.31. The minimum Gasteiger partial charge on any atom is -0.395 e. The highest BCUT2D eigenvalue weighted by Crippen LogP contribution is 2.19. The Bertz CT molecular complexity index is 522. The molecular formula is C13H18ClN3O4. The zero-order valence-electron chi connectivity index (χ0n) is 12.0. The summed E-state index contributed by atoms with van der Waals surface area (Å²) in [5.74, 6) is -2.09. The van der Waals surface area contributed by atoms with Gasteiger partial charge in [-0.15, -0.1) is 0 Å². The maximum absolute atomic E-state index is 12.0. The number of aliphatic hydroxyl groups excluding tert-OH is 1. The van der Waals surface area contributed by atoms with E-state index in [1.54, 1.807) is 0 Å². The van der Waals surface area contributed by atoms with Crippen molar-refractivity contribution in [2.45, 2.75) is 26.8 Å². The number of anilines is 1. The van der Waals surface area contributed by atoms with Gasteiger partial charge in [0.05, 0.1) is 23.8 Å². The number of nitrogens with one attached hydrogen (secondary N) is 2. The lowest BCUT2D eigenvalue weighted by Gasteiger charge is -2.15. The number of nitrogens with zero attached hydrogens (tertiary/aromatic N) is 1. The Labute approximate surface area is 127 Å². The van der Waals surface area contributed by atoms with Crippen LogP contribution in [0.2, 0.25) is 5.15 Å². The second kappa shape index (κ2) is 7.80. The summed E-state index contributed by atoms with van der Waals surface area (Å²) in [5.41, 5.74) is 2.70. The Morgan fingerprint density at radius 2 is 2.10 bits per heavy atom. The first-order valence-corrected chi connectivity index (χ1v) is 6.77. The molecule has 1 unspecified atom stereocenters. The molecule has 1 atom stereocenters. The third-order valence-electron chi connectivity index (χ3n) is 2.48. The Balaban J connectivity index is 2.80. The lowest BCUT2D eigenvalue weighted by molar-refractivity contribution is -0.154. The number of carbonyl (C=O) groups excluding carboxylic acids is 2. The van der Waals surface area contributed by atoms with Crippen molar-refractivity contribution in [2.75, 3.05) is 11.9 Å². The monoisotopic (exact) mass is 315 g/mol. The predicted molar refractivity (Wildman–Crippen MR) is 77.8 cm³/mol. The molecule has 3 N–H and O–H groups in total. The predicted octanol–water partition coefficient (Wildman–Crippen LogP) is 1.37. The summed E-state index contributed by atoms with van der Waals surface area (Å²) in [7, 11) is 0. The zero-order chi connectivity index (χ0) is 16.0. The van der Waals surface area contributed by atoms with E-state index in [1.807, 2.05) is 19.3 Å². The van der Waals surface area contributed by atoms with Gasteiger partial charge in [-0.1, -0.05) is 11.6 Å². The van der Waals surface area contributed by atoms with Gasteiger partial charge in [0.2, 0.25) is 0 Å². The van der Waals surface area contributed by atoms with Gasteiger partial charge in [0, 0.05) is 12.2 Å². The molecule has 0 spiro atoms. The van der Waals surface area contributed by atoms with Crippen LogP contribution in [0.15, 0.2) is 12.3 Å². The van der Waals surface area contributed by atoms with E-state index in [1.165, 1.54) is 19.2 Å². The minimum absolute atomic E-state index is 0.0759. The first kappa shape index (κ1) is 17.2. The standard InChI is InChI=1S/C13H18ClN3O4/c1-7(2)16-10-4-11(14)15-5-9(10)12(19)17-21-13(20)8(3)6-18/h4-5,7-8,18H,6H2,1-3H3,(H,15,16)(H,17,19). The highest BCUT2D eigenvalue weighted by molar-refractivity contribution is 6.29. The average molecular weight is 316 g/mol. The van der Waals surface area contributed by atoms with E-state index in [0.717, 1.165) is 0 Å². The van der Waals surface area contributed by atoms with Crippen LogP contribution in [0.5, 0.6) is 0 Å². The third-order valence-corrected chi connectivity index (χ3v) is 2.69. The molecule has 1 heterocycles. The van der Waals surface area contributed by atoms with E-state index in [0.29, 0.717) is 5.69 Å². The Kier molecular flexibility index (Phi) is 6.39. The molecule has 7 nitrogen and oxygen atoms in total. The van der Waals surface area contributed by atoms with Crippen molar-refractivity contribution in [3.63, 3.8) is 0 Å². The minimum atomic E-state index is -0.730. The zero-order valence-corrected chi connectivity index (χ0v) is 12.8. The van der Waals surface area contributed by atoms with Gasteiger partial charge in [-0.25, -0.2) is 9.78 Å². The molecule has 0 aliphatic rings. The topological polar surface area (TPSA) is 101 Å². The van der Waals surface area contributed by atoms with E-state index >= 15 is 0 Å². The second-order valence-electron chi connectivity index (χ2n) is 4.79. The normalized spacial score (nSPS) is 11.9. The average Bonchev–Trinajstić information content (AvgIpc) is 2.42. The highest BCUT2D eigenvalue weighted by Gasteiger charge is 2.18. The van der Waals surface area contributed by atoms with E-state index < -0.39 is 17.8 Å². The number of hydrogen-bond acceptors (Lipinski definition) is 6. The van der Waals surface area contributed by atoms with Crippen LogP contribution < -0.4 is 10.8 Å². The number of amides is 1. The van der Waals surface area contributed by atoms with Gasteiger partial charge in [0.1, 0.15) is 5.15 Å². The van der Waals surface area contributed by atoms with Gasteiger partial charge in [-0.2, -0.15) is 5.48 Å². The molecule has 0 saturated heterocycles. The lowest BCUT2D eigenvalue weighted by atomic mass is 10.2. The largest absolute Gasteiger partial charge is 0.395 e. The highest BCUT2D eigenvalue weighted by atomic mass is 35.5. The molecule has 0 saturated carbocycles. The summed E-state index contributed by atoms with van der Waals surface area (Å²) >= 11 is 5.80. The summed E-state index contributed by atoms with van der Waals surface area (Å²) in [6, 6.07) is 1.58. The molecule has 0 bridgehead atoms. The van der Waals surface area contributed by atoms with Gasteiger partial charge in [0.25, 0.3) is 5.91 Å². The van der Waals surface area contributed by atoms with Crippen molar-refractivity contribution < 1.29 is 19.5 Å². The number of halogens is 1. The maximum Gasteiger partial charge on any atom is 0.337 e. The van der Waals surface area contributed by atoms with Crippen molar-refractivity contribution in [1.29, 1.82) is 0 Å². The number of pyridine rings is 1. The second-order valence-corrected chi connectivity index (χ2v) is 5.17. The van der Waals surface area contributed by atoms with Gasteiger partial charge in [-0.3, -0.25) is 4.79 Å². The van der Waals surface area contributed by atoms with Crippen LogP contribution in [0, 0.1) is 5.92 Å². The molecule has 0 fully saturated rings. The summed E-state index contributed by atoms with van der Waals surface area (Å²) in [6.45, 7) is 4.92. The van der Waals surface area contributed by atoms with Crippen LogP contribution in [0.3, 0.4) is 0 Å². The van der Waals surface area contributed by atoms with Crippen molar-refractivity contribution in [2.24, 2.45) is 5.92 Å². The molecule has 0 aliphatic heterocycles. The van der Waals surface area contributed by atoms with Crippen LogP contribution in [0.4, 0.5) is 5.69 Å². The molecule has 0 aromatic carbocycles. The van der Waals surface area contributed by atoms with Gasteiger partial charge < -0.3 is 15.3 Å². The fraction of sp³-hybridized carbons (Fsp3) is 0.462. The molecule has 8 heteroatoms. The van der Waals surface area contributed by atoms with Gasteiger partial charge in [-0.05, 0) is 26.8 Å². The van der Waals surface area contributed by atoms with E-state index in [-0.39, 0.29) is 23.4 Å². The summed E-state index contributed by atoms with van der Waals surface area (Å²) in [6.07, 6.45) is 1.28. The van der Waals surface area contributed by atoms with Crippen LogP contribution in [-0.4, -0.2) is 34.6 Å². The number of rotatable bonds is 5. The fourth-order valence-corrected chi connectivity index (χ4v) is 1.53. The molecule has 1 amide bonds. The SMILES string of the molecule is CC(C)Nc1cc(Cl)ncc1C(=O)NOC(=O)C(C)CO. The summed E-state index contributed by atoms with van der Waals surface area (Å²) in [5, 5.41) is 12.1. The summed E-state index contributed by atoms with van der Waals surface area (Å²) < 4.78 is 0.